The number of hydrogen-bond donors (Lipinski definition) is 1. The van der Waals surface area contributed by atoms with Gasteiger partial charge in [0, 0.05) is 11.8 Å². The number of ether oxygens (including phenoxy) is 1. The van der Waals surface area contributed by atoms with Crippen LogP contribution in [0.25, 0.3) is 0 Å². The lowest BCUT2D eigenvalue weighted by atomic mass is 10.0. The Kier molecular flexibility index (Phi) is 6.74. The van der Waals surface area contributed by atoms with Crippen LogP contribution in [-0.4, -0.2) is 33.7 Å². The van der Waals surface area contributed by atoms with Gasteiger partial charge in [-0.15, -0.1) is 0 Å². The van der Waals surface area contributed by atoms with Gasteiger partial charge >= 0.3 is 5.97 Å². The topological polar surface area (TPSA) is 89.5 Å². The first-order valence-electron chi connectivity index (χ1n) is 8.39. The molecule has 1 unspecified atom stereocenters. The zero-order chi connectivity index (χ0) is 20.0. The largest absolute Gasteiger partial charge is 0.469 e. The number of methoxy groups -OCH3 is 1. The minimum absolute atomic E-state index is 0.00562. The van der Waals surface area contributed by atoms with E-state index in [1.54, 1.807) is 24.3 Å². The summed E-state index contributed by atoms with van der Waals surface area (Å²) < 4.78 is 27.7. The molecule has 0 aliphatic heterocycles. The normalized spacial score (nSPS) is 12.3. The average Bonchev–Trinajstić information content (AvgIpc) is 2.60. The number of carbonyl (C=O) groups excluding carboxylic acids is 2. The smallest absolute Gasteiger partial charge is 0.307 e. The molecular formula is C20H23NO5S. The predicted molar refractivity (Wildman–Crippen MR) is 103 cm³/mol. The van der Waals surface area contributed by atoms with Crippen molar-refractivity contribution in [2.75, 3.05) is 13.4 Å². The molecule has 0 aliphatic carbocycles. The van der Waals surface area contributed by atoms with Gasteiger partial charge in [0.2, 0.25) is 0 Å². The Morgan fingerprint density at radius 1 is 1.11 bits per heavy atom. The molecule has 0 aliphatic rings. The number of aryl methyl sites for hydroxylation is 1. The summed E-state index contributed by atoms with van der Waals surface area (Å²) in [5, 5.41) is 2.84. The Labute approximate surface area is 159 Å². The van der Waals surface area contributed by atoms with Gasteiger partial charge in [-0.1, -0.05) is 42.0 Å². The first-order chi connectivity index (χ1) is 12.7. The Bertz CT molecular complexity index is 920. The first-order valence-corrected chi connectivity index (χ1v) is 10.4. The van der Waals surface area contributed by atoms with Crippen LogP contribution in [0.15, 0.2) is 48.5 Å². The van der Waals surface area contributed by atoms with Crippen LogP contribution in [0.4, 0.5) is 0 Å². The SMILES string of the molecule is COC(=O)CC(NC(=O)c1cccc(CS(C)(=O)=O)c1)c1ccc(C)cc1. The summed E-state index contributed by atoms with van der Waals surface area (Å²) in [4.78, 5) is 24.4. The number of amides is 1. The second-order valence-corrected chi connectivity index (χ2v) is 8.63. The lowest BCUT2D eigenvalue weighted by Gasteiger charge is -2.19. The molecule has 0 heterocycles. The highest BCUT2D eigenvalue weighted by Crippen LogP contribution is 2.19. The molecule has 0 fully saturated rings. The third kappa shape index (κ3) is 6.53. The van der Waals surface area contributed by atoms with Crippen LogP contribution >= 0.6 is 0 Å². The molecule has 2 rings (SSSR count). The number of rotatable bonds is 7. The fourth-order valence-electron chi connectivity index (χ4n) is 2.65. The summed E-state index contributed by atoms with van der Waals surface area (Å²) >= 11 is 0. The Morgan fingerprint density at radius 2 is 1.78 bits per heavy atom. The van der Waals surface area contributed by atoms with E-state index in [4.69, 9.17) is 4.74 Å². The number of carbonyl (C=O) groups is 2. The summed E-state index contributed by atoms with van der Waals surface area (Å²) in [6.07, 6.45) is 1.14. The predicted octanol–water partition coefficient (Wildman–Crippen LogP) is 2.57. The van der Waals surface area contributed by atoms with Crippen molar-refractivity contribution in [1.82, 2.24) is 5.32 Å². The molecule has 0 aromatic heterocycles. The summed E-state index contributed by atoms with van der Waals surface area (Å²) in [5.41, 5.74) is 2.71. The number of nitrogens with one attached hydrogen (secondary N) is 1. The van der Waals surface area contributed by atoms with E-state index in [0.717, 1.165) is 17.4 Å². The summed E-state index contributed by atoms with van der Waals surface area (Å²) in [5.74, 6) is -0.968. The van der Waals surface area contributed by atoms with Crippen molar-refractivity contribution in [1.29, 1.82) is 0 Å². The van der Waals surface area contributed by atoms with Crippen LogP contribution in [0.2, 0.25) is 0 Å². The minimum Gasteiger partial charge on any atom is -0.469 e. The number of benzene rings is 2. The number of sulfone groups is 1. The molecule has 0 saturated heterocycles. The molecule has 0 spiro atoms. The van der Waals surface area contributed by atoms with Gasteiger partial charge in [-0.05, 0) is 30.2 Å². The third-order valence-corrected chi connectivity index (χ3v) is 4.86. The van der Waals surface area contributed by atoms with E-state index >= 15 is 0 Å². The van der Waals surface area contributed by atoms with Crippen LogP contribution in [0.3, 0.4) is 0 Å². The zero-order valence-corrected chi connectivity index (χ0v) is 16.4. The van der Waals surface area contributed by atoms with E-state index < -0.39 is 21.8 Å². The van der Waals surface area contributed by atoms with Gasteiger partial charge in [0.1, 0.15) is 0 Å². The Balaban J connectivity index is 2.23. The van der Waals surface area contributed by atoms with Crippen molar-refractivity contribution >= 4 is 21.7 Å². The minimum atomic E-state index is -3.20. The maximum atomic E-state index is 12.7. The van der Waals surface area contributed by atoms with Crippen LogP contribution in [0, 0.1) is 6.92 Å². The van der Waals surface area contributed by atoms with E-state index in [0.29, 0.717) is 11.1 Å². The van der Waals surface area contributed by atoms with E-state index in [1.165, 1.54) is 7.11 Å². The van der Waals surface area contributed by atoms with Crippen LogP contribution in [0.1, 0.15) is 39.5 Å². The van der Waals surface area contributed by atoms with Crippen molar-refractivity contribution in [3.8, 4) is 0 Å². The van der Waals surface area contributed by atoms with Crippen LogP contribution in [-0.2, 0) is 25.1 Å². The number of hydrogen-bond acceptors (Lipinski definition) is 5. The van der Waals surface area contributed by atoms with Gasteiger partial charge in [-0.25, -0.2) is 8.42 Å². The maximum absolute atomic E-state index is 12.7. The molecule has 6 nitrogen and oxygen atoms in total. The van der Waals surface area contributed by atoms with Crippen molar-refractivity contribution < 1.29 is 22.7 Å². The Hall–Kier alpha value is -2.67. The molecule has 2 aromatic carbocycles. The standard InChI is InChI=1S/C20H23NO5S/c1-14-7-9-16(10-8-14)18(12-19(22)26-2)21-20(23)17-6-4-5-15(11-17)13-27(3,24)25/h4-11,18H,12-13H2,1-3H3,(H,21,23). The quantitative estimate of drug-likeness (QED) is 0.735. The van der Waals surface area contributed by atoms with Gasteiger partial charge < -0.3 is 10.1 Å². The average molecular weight is 389 g/mol. The summed E-state index contributed by atoms with van der Waals surface area (Å²) in [6, 6.07) is 13.4. The lowest BCUT2D eigenvalue weighted by Crippen LogP contribution is -2.30. The third-order valence-electron chi connectivity index (χ3n) is 4.00. The zero-order valence-electron chi connectivity index (χ0n) is 15.6. The number of esters is 1. The second kappa shape index (κ2) is 8.81. The fourth-order valence-corrected chi connectivity index (χ4v) is 3.43. The van der Waals surface area contributed by atoms with Crippen LogP contribution < -0.4 is 5.32 Å². The van der Waals surface area contributed by atoms with Crippen molar-refractivity contribution in [2.24, 2.45) is 0 Å². The highest BCUT2D eigenvalue weighted by Gasteiger charge is 2.20. The second-order valence-electron chi connectivity index (χ2n) is 6.49. The molecule has 27 heavy (non-hydrogen) atoms. The molecule has 1 N–H and O–H groups in total. The molecule has 0 radical (unpaired) electrons. The van der Waals surface area contributed by atoms with E-state index in [-0.39, 0.29) is 18.1 Å². The highest BCUT2D eigenvalue weighted by atomic mass is 32.2. The highest BCUT2D eigenvalue weighted by molar-refractivity contribution is 7.89. The molecule has 0 bridgehead atoms. The van der Waals surface area contributed by atoms with Crippen molar-refractivity contribution in [3.63, 3.8) is 0 Å². The van der Waals surface area contributed by atoms with Crippen molar-refractivity contribution in [2.45, 2.75) is 25.1 Å². The lowest BCUT2D eigenvalue weighted by molar-refractivity contribution is -0.141. The monoisotopic (exact) mass is 389 g/mol. The molecule has 0 saturated carbocycles. The van der Waals surface area contributed by atoms with Gasteiger partial charge in [0.05, 0.1) is 25.3 Å². The Morgan fingerprint density at radius 3 is 2.37 bits per heavy atom. The molecule has 2 aromatic rings. The van der Waals surface area contributed by atoms with E-state index in [2.05, 4.69) is 5.32 Å². The fraction of sp³-hybridized carbons (Fsp3) is 0.300. The molecule has 1 amide bonds. The van der Waals surface area contributed by atoms with Gasteiger partial charge in [0.25, 0.3) is 5.91 Å². The molecule has 7 heteroatoms. The van der Waals surface area contributed by atoms with Gasteiger partial charge in [-0.2, -0.15) is 0 Å². The first kappa shape index (κ1) is 20.6. The van der Waals surface area contributed by atoms with Crippen LogP contribution in [0.5, 0.6) is 0 Å². The molecular weight excluding hydrogens is 366 g/mol. The maximum Gasteiger partial charge on any atom is 0.307 e. The van der Waals surface area contributed by atoms with Gasteiger partial charge in [-0.3, -0.25) is 9.59 Å². The van der Waals surface area contributed by atoms with E-state index in [9.17, 15) is 18.0 Å². The molecule has 144 valence electrons. The van der Waals surface area contributed by atoms with Gasteiger partial charge in [0.15, 0.2) is 9.84 Å². The summed E-state index contributed by atoms with van der Waals surface area (Å²) in [6.45, 7) is 1.95. The molecule has 1 atom stereocenters. The van der Waals surface area contributed by atoms with Crippen molar-refractivity contribution in [3.05, 3.63) is 70.8 Å². The summed E-state index contributed by atoms with van der Waals surface area (Å²) in [7, 11) is -1.91. The van der Waals surface area contributed by atoms with E-state index in [1.807, 2.05) is 31.2 Å².